The summed E-state index contributed by atoms with van der Waals surface area (Å²) in [4.78, 5) is 33.6. The first-order valence-electron chi connectivity index (χ1n) is 13.6. The predicted molar refractivity (Wildman–Crippen MR) is 151 cm³/mol. The van der Waals surface area contributed by atoms with Crippen molar-refractivity contribution in [1.29, 1.82) is 0 Å². The van der Waals surface area contributed by atoms with Gasteiger partial charge in [0.1, 0.15) is 12.7 Å². The van der Waals surface area contributed by atoms with Gasteiger partial charge in [0, 0.05) is 37.7 Å². The second-order valence-corrected chi connectivity index (χ2v) is 11.5. The number of nitrogens with two attached hydrogens (primary N) is 1. The average molecular weight is 548 g/mol. The molecule has 9 nitrogen and oxygen atoms in total. The van der Waals surface area contributed by atoms with Crippen LogP contribution in [0.3, 0.4) is 0 Å². The van der Waals surface area contributed by atoms with Crippen molar-refractivity contribution in [3.05, 3.63) is 70.1 Å². The van der Waals surface area contributed by atoms with Gasteiger partial charge in [0.25, 0.3) is 5.56 Å². The van der Waals surface area contributed by atoms with Gasteiger partial charge in [-0.2, -0.15) is 0 Å². The summed E-state index contributed by atoms with van der Waals surface area (Å²) in [5.41, 5.74) is 8.69. The molecular weight excluding hydrogens is 514 g/mol. The number of fused-ring (bicyclic) bond motifs is 2. The van der Waals surface area contributed by atoms with Crippen LogP contribution < -0.4 is 26.1 Å². The van der Waals surface area contributed by atoms with Gasteiger partial charge in [-0.1, -0.05) is 42.4 Å². The third-order valence-electron chi connectivity index (χ3n) is 7.51. The molecule has 1 atom stereocenters. The molecule has 204 valence electrons. The average Bonchev–Trinajstić information content (AvgIpc) is 2.93. The van der Waals surface area contributed by atoms with Crippen LogP contribution in [0.1, 0.15) is 36.9 Å². The number of amides is 1. The number of ether oxygens (including phenoxy) is 2. The van der Waals surface area contributed by atoms with Crippen LogP contribution in [-0.4, -0.2) is 58.0 Å². The molecule has 1 fully saturated rings. The van der Waals surface area contributed by atoms with Gasteiger partial charge in [0.2, 0.25) is 5.91 Å². The molecule has 1 aromatic heterocycles. The molecule has 3 heterocycles. The highest BCUT2D eigenvalue weighted by Crippen LogP contribution is 2.37. The van der Waals surface area contributed by atoms with E-state index < -0.39 is 0 Å². The van der Waals surface area contributed by atoms with Gasteiger partial charge in [-0.25, -0.2) is 4.98 Å². The number of para-hydroxylation sites is 4. The van der Waals surface area contributed by atoms with Gasteiger partial charge < -0.3 is 25.4 Å². The van der Waals surface area contributed by atoms with Gasteiger partial charge >= 0.3 is 0 Å². The van der Waals surface area contributed by atoms with E-state index in [0.29, 0.717) is 66.4 Å². The molecule has 0 saturated heterocycles. The highest BCUT2D eigenvalue weighted by Gasteiger charge is 2.29. The normalized spacial score (nSPS) is 18.4. The van der Waals surface area contributed by atoms with E-state index in [1.807, 2.05) is 42.5 Å². The lowest BCUT2D eigenvalue weighted by Gasteiger charge is -2.30. The lowest BCUT2D eigenvalue weighted by molar-refractivity contribution is -0.132. The minimum absolute atomic E-state index is 0.0115. The first-order valence-corrected chi connectivity index (χ1v) is 14.5. The molecular formula is C29H33N5O4S. The SMILES string of the molecule is Nc1ccccc1-n1c(SC2CCC2)nc2c(c1=O)CN(C(=O)CCNCC1COc3ccccc3O1)CC2. The summed E-state index contributed by atoms with van der Waals surface area (Å²) < 4.78 is 13.4. The first kappa shape index (κ1) is 25.8. The summed E-state index contributed by atoms with van der Waals surface area (Å²) in [6.07, 6.45) is 4.26. The van der Waals surface area contributed by atoms with Crippen LogP contribution in [0.4, 0.5) is 5.69 Å². The molecule has 0 radical (unpaired) electrons. The molecule has 0 bridgehead atoms. The van der Waals surface area contributed by atoms with E-state index in [0.717, 1.165) is 30.0 Å². The number of carbonyl (C=O) groups excluding carboxylic acids is 1. The van der Waals surface area contributed by atoms with Crippen molar-refractivity contribution in [2.75, 3.05) is 32.0 Å². The molecule has 2 aromatic carbocycles. The monoisotopic (exact) mass is 547 g/mol. The quantitative estimate of drug-likeness (QED) is 0.251. The van der Waals surface area contributed by atoms with Crippen LogP contribution >= 0.6 is 11.8 Å². The summed E-state index contributed by atoms with van der Waals surface area (Å²) in [5, 5.41) is 4.48. The van der Waals surface area contributed by atoms with Gasteiger partial charge in [-0.3, -0.25) is 14.2 Å². The number of hydrogen-bond donors (Lipinski definition) is 2. The lowest BCUT2D eigenvalue weighted by Crippen LogP contribution is -2.43. The molecule has 6 rings (SSSR count). The van der Waals surface area contributed by atoms with Crippen LogP contribution in [0.2, 0.25) is 0 Å². The fraction of sp³-hybridized carbons (Fsp3) is 0.414. The number of rotatable bonds is 8. The smallest absolute Gasteiger partial charge is 0.264 e. The third-order valence-corrected chi connectivity index (χ3v) is 8.80. The molecule has 0 spiro atoms. The number of nitrogen functional groups attached to an aromatic ring is 1. The molecule has 1 unspecified atom stereocenters. The fourth-order valence-electron chi connectivity index (χ4n) is 5.07. The van der Waals surface area contributed by atoms with E-state index in [1.165, 1.54) is 6.42 Å². The zero-order valence-electron chi connectivity index (χ0n) is 21.8. The Morgan fingerprint density at radius 1 is 1.13 bits per heavy atom. The Morgan fingerprint density at radius 2 is 1.92 bits per heavy atom. The molecule has 3 N–H and O–H groups in total. The molecule has 1 amide bonds. The molecule has 2 aliphatic heterocycles. The van der Waals surface area contributed by atoms with Crippen LogP contribution in [0.25, 0.3) is 5.69 Å². The van der Waals surface area contributed by atoms with Crippen LogP contribution in [0.5, 0.6) is 11.5 Å². The summed E-state index contributed by atoms with van der Waals surface area (Å²) in [5.74, 6) is 1.51. The standard InChI is InChI=1S/C29H33N5O4S/c30-22-8-1-2-9-24(22)34-28(36)21-17-33(15-13-23(21)32-29(34)39-20-6-5-7-20)27(35)12-14-31-16-19-18-37-25-10-3-4-11-26(25)38-19/h1-4,8-11,19-20,31H,5-7,12-18,30H2. The summed E-state index contributed by atoms with van der Waals surface area (Å²) in [6, 6.07) is 15.0. The Morgan fingerprint density at radius 3 is 2.72 bits per heavy atom. The second kappa shape index (κ2) is 11.3. The number of aromatic nitrogens is 2. The lowest BCUT2D eigenvalue weighted by atomic mass is 10.0. The van der Waals surface area contributed by atoms with E-state index in [1.54, 1.807) is 27.3 Å². The molecule has 3 aliphatic rings. The molecule has 3 aromatic rings. The maximum Gasteiger partial charge on any atom is 0.264 e. The van der Waals surface area contributed by atoms with Gasteiger partial charge in [0.05, 0.1) is 29.2 Å². The van der Waals surface area contributed by atoms with Crippen LogP contribution in [0, 0.1) is 0 Å². The van der Waals surface area contributed by atoms with E-state index in [2.05, 4.69) is 5.32 Å². The van der Waals surface area contributed by atoms with Crippen LogP contribution in [-0.2, 0) is 17.8 Å². The Balaban J connectivity index is 1.11. The van der Waals surface area contributed by atoms with Crippen molar-refractivity contribution in [3.63, 3.8) is 0 Å². The van der Waals surface area contributed by atoms with Crippen molar-refractivity contribution in [1.82, 2.24) is 19.8 Å². The van der Waals surface area contributed by atoms with Crippen molar-refractivity contribution < 1.29 is 14.3 Å². The minimum Gasteiger partial charge on any atom is -0.486 e. The maximum atomic E-state index is 13.8. The zero-order chi connectivity index (χ0) is 26.8. The fourth-order valence-corrected chi connectivity index (χ4v) is 6.38. The number of anilines is 1. The largest absolute Gasteiger partial charge is 0.486 e. The highest BCUT2D eigenvalue weighted by molar-refractivity contribution is 7.99. The summed E-state index contributed by atoms with van der Waals surface area (Å²) in [7, 11) is 0. The molecule has 1 saturated carbocycles. The van der Waals surface area contributed by atoms with Crippen LogP contribution in [0.15, 0.2) is 58.5 Å². The number of benzene rings is 2. The van der Waals surface area contributed by atoms with Crippen molar-refractivity contribution in [3.8, 4) is 17.2 Å². The Labute approximate surface area is 231 Å². The molecule has 10 heteroatoms. The predicted octanol–water partition coefficient (Wildman–Crippen LogP) is 3.16. The number of nitrogens with zero attached hydrogens (tertiary/aromatic N) is 3. The molecule has 39 heavy (non-hydrogen) atoms. The van der Waals surface area contributed by atoms with Crippen molar-refractivity contribution in [2.45, 2.75) is 55.2 Å². The van der Waals surface area contributed by atoms with Gasteiger partial charge in [-0.15, -0.1) is 0 Å². The number of hydrogen-bond acceptors (Lipinski definition) is 8. The van der Waals surface area contributed by atoms with E-state index in [4.69, 9.17) is 20.2 Å². The van der Waals surface area contributed by atoms with Crippen molar-refractivity contribution >= 4 is 23.4 Å². The summed E-state index contributed by atoms with van der Waals surface area (Å²) >= 11 is 1.66. The third kappa shape index (κ3) is 5.49. The topological polar surface area (TPSA) is 112 Å². The number of nitrogens with one attached hydrogen (secondary N) is 1. The zero-order valence-corrected chi connectivity index (χ0v) is 22.6. The maximum absolute atomic E-state index is 13.8. The second-order valence-electron chi connectivity index (χ2n) is 10.2. The number of carbonyl (C=O) groups is 1. The van der Waals surface area contributed by atoms with Crippen molar-refractivity contribution in [2.24, 2.45) is 0 Å². The first-order chi connectivity index (χ1) is 19.1. The van der Waals surface area contributed by atoms with Gasteiger partial charge in [0.15, 0.2) is 16.7 Å². The van der Waals surface area contributed by atoms with E-state index >= 15 is 0 Å². The van der Waals surface area contributed by atoms with E-state index in [-0.39, 0.29) is 24.1 Å². The van der Waals surface area contributed by atoms with E-state index in [9.17, 15) is 9.59 Å². The number of thioether (sulfide) groups is 1. The minimum atomic E-state index is -0.134. The highest BCUT2D eigenvalue weighted by atomic mass is 32.2. The summed E-state index contributed by atoms with van der Waals surface area (Å²) in [6.45, 7) is 2.38. The molecule has 1 aliphatic carbocycles. The Kier molecular flexibility index (Phi) is 7.47. The van der Waals surface area contributed by atoms with Gasteiger partial charge in [-0.05, 0) is 37.1 Å². The Bertz CT molecular complexity index is 1420. The Hall–Kier alpha value is -3.50.